The van der Waals surface area contributed by atoms with Crippen LogP contribution in [0.3, 0.4) is 0 Å². The van der Waals surface area contributed by atoms with Gasteiger partial charge in [-0.25, -0.2) is 4.79 Å². The first-order valence-corrected chi connectivity index (χ1v) is 11.1. The molecule has 0 radical (unpaired) electrons. The van der Waals surface area contributed by atoms with E-state index in [9.17, 15) is 9.59 Å². The molecule has 0 N–H and O–H groups in total. The zero-order valence-corrected chi connectivity index (χ0v) is 18.5. The van der Waals surface area contributed by atoms with Crippen molar-refractivity contribution in [3.63, 3.8) is 0 Å². The van der Waals surface area contributed by atoms with Crippen LogP contribution in [0.25, 0.3) is 17.0 Å². The van der Waals surface area contributed by atoms with Crippen molar-refractivity contribution in [2.45, 2.75) is 13.8 Å². The first-order chi connectivity index (χ1) is 15.6. The van der Waals surface area contributed by atoms with E-state index in [1.54, 1.807) is 12.1 Å². The highest BCUT2D eigenvalue weighted by atomic mass is 16.5. The third kappa shape index (κ3) is 4.75. The Morgan fingerprint density at radius 2 is 1.75 bits per heavy atom. The number of anilines is 2. The van der Waals surface area contributed by atoms with Crippen molar-refractivity contribution in [3.05, 3.63) is 76.2 Å². The van der Waals surface area contributed by atoms with Gasteiger partial charge in [0, 0.05) is 49.0 Å². The molecule has 0 spiro atoms. The van der Waals surface area contributed by atoms with E-state index < -0.39 is 5.63 Å². The smallest absolute Gasteiger partial charge is 0.347 e. The lowest BCUT2D eigenvalue weighted by molar-refractivity contribution is 0.104. The zero-order chi connectivity index (χ0) is 22.5. The average Bonchev–Trinajstić information content (AvgIpc) is 2.83. The van der Waals surface area contributed by atoms with Gasteiger partial charge in [0.1, 0.15) is 11.1 Å². The normalized spacial score (nSPS) is 14.2. The maximum Gasteiger partial charge on any atom is 0.347 e. The molecule has 2 aromatic carbocycles. The highest BCUT2D eigenvalue weighted by Gasteiger charge is 2.13. The summed E-state index contributed by atoms with van der Waals surface area (Å²) in [4.78, 5) is 29.6. The molecular weight excluding hydrogens is 404 g/mol. The molecule has 0 unspecified atom stereocenters. The van der Waals surface area contributed by atoms with Gasteiger partial charge < -0.3 is 19.0 Å². The Labute approximate surface area is 187 Å². The molecule has 0 atom stereocenters. The van der Waals surface area contributed by atoms with Crippen LogP contribution in [-0.4, -0.2) is 45.2 Å². The summed E-state index contributed by atoms with van der Waals surface area (Å²) in [5, 5.41) is 0.729. The third-order valence-electron chi connectivity index (χ3n) is 5.81. The molecule has 6 heteroatoms. The predicted octanol–water partition coefficient (Wildman–Crippen LogP) is 4.37. The number of morpholine rings is 1. The van der Waals surface area contributed by atoms with Crippen molar-refractivity contribution in [1.82, 2.24) is 0 Å². The molecule has 6 nitrogen and oxygen atoms in total. The number of benzene rings is 2. The monoisotopic (exact) mass is 432 g/mol. The minimum absolute atomic E-state index is 0.0364. The maximum atomic E-state index is 12.7. The van der Waals surface area contributed by atoms with E-state index in [-0.39, 0.29) is 11.3 Å². The van der Waals surface area contributed by atoms with E-state index in [0.717, 1.165) is 61.7 Å². The fraction of sp³-hybridized carbons (Fsp3) is 0.308. The molecule has 32 heavy (non-hydrogen) atoms. The first kappa shape index (κ1) is 21.8. The summed E-state index contributed by atoms with van der Waals surface area (Å²) in [6, 6.07) is 15.3. The molecule has 0 amide bonds. The van der Waals surface area contributed by atoms with E-state index in [0.29, 0.717) is 5.58 Å². The largest absolute Gasteiger partial charge is 0.422 e. The molecular formula is C26H28N2O4. The molecule has 0 saturated carbocycles. The van der Waals surface area contributed by atoms with Gasteiger partial charge in [-0.05, 0) is 55.8 Å². The Morgan fingerprint density at radius 3 is 2.44 bits per heavy atom. The van der Waals surface area contributed by atoms with E-state index in [1.165, 1.54) is 6.08 Å². The molecule has 1 aliphatic heterocycles. The van der Waals surface area contributed by atoms with Crippen LogP contribution < -0.4 is 15.4 Å². The average molecular weight is 433 g/mol. The molecule has 3 aromatic rings. The Kier molecular flexibility index (Phi) is 6.71. The molecule has 166 valence electrons. The summed E-state index contributed by atoms with van der Waals surface area (Å²) in [7, 11) is 0. The van der Waals surface area contributed by atoms with Crippen molar-refractivity contribution in [3.8, 4) is 0 Å². The van der Waals surface area contributed by atoms with E-state index in [4.69, 9.17) is 9.15 Å². The maximum absolute atomic E-state index is 12.7. The van der Waals surface area contributed by atoms with Gasteiger partial charge in [-0.3, -0.25) is 4.79 Å². The Balaban J connectivity index is 1.51. The minimum atomic E-state index is -0.619. The summed E-state index contributed by atoms with van der Waals surface area (Å²) < 4.78 is 10.9. The van der Waals surface area contributed by atoms with Crippen LogP contribution in [0.1, 0.15) is 29.8 Å². The van der Waals surface area contributed by atoms with Crippen molar-refractivity contribution < 1.29 is 13.9 Å². The number of rotatable bonds is 7. The van der Waals surface area contributed by atoms with Crippen LogP contribution in [0.15, 0.2) is 63.8 Å². The van der Waals surface area contributed by atoms with Gasteiger partial charge in [0.25, 0.3) is 0 Å². The molecule has 1 fully saturated rings. The molecule has 1 aliphatic rings. The standard InChI is InChI=1S/C26H28N2O4/c1-3-27(4-2)22-11-8-20-17-23(26(30)32-25(20)18-22)24(29)12-7-19-5-9-21(10-6-19)28-13-15-31-16-14-28/h5-12,17-18H,3-4,13-16H2,1-2H3/b12-7+. The lowest BCUT2D eigenvalue weighted by Crippen LogP contribution is -2.36. The molecule has 1 saturated heterocycles. The van der Waals surface area contributed by atoms with Crippen LogP contribution in [-0.2, 0) is 4.74 Å². The molecule has 4 rings (SSSR count). The van der Waals surface area contributed by atoms with E-state index >= 15 is 0 Å². The second-order valence-corrected chi connectivity index (χ2v) is 7.73. The van der Waals surface area contributed by atoms with Gasteiger partial charge in [-0.15, -0.1) is 0 Å². The fourth-order valence-corrected chi connectivity index (χ4v) is 3.94. The number of nitrogens with zero attached hydrogens (tertiary/aromatic N) is 2. The van der Waals surface area contributed by atoms with Crippen LogP contribution >= 0.6 is 0 Å². The quantitative estimate of drug-likeness (QED) is 0.314. The van der Waals surface area contributed by atoms with E-state index in [2.05, 4.69) is 23.6 Å². The summed E-state index contributed by atoms with van der Waals surface area (Å²) >= 11 is 0. The summed E-state index contributed by atoms with van der Waals surface area (Å²) in [5.74, 6) is -0.370. The lowest BCUT2D eigenvalue weighted by Gasteiger charge is -2.28. The topological polar surface area (TPSA) is 63.0 Å². The van der Waals surface area contributed by atoms with E-state index in [1.807, 2.05) is 42.5 Å². The second-order valence-electron chi connectivity index (χ2n) is 7.73. The second kappa shape index (κ2) is 9.83. The molecule has 2 heterocycles. The predicted molar refractivity (Wildman–Crippen MR) is 129 cm³/mol. The SMILES string of the molecule is CCN(CC)c1ccc2cc(C(=O)/C=C/c3ccc(N4CCOCC4)cc3)c(=O)oc2c1. The first-order valence-electron chi connectivity index (χ1n) is 11.1. The molecule has 1 aromatic heterocycles. The van der Waals surface area contributed by atoms with Crippen LogP contribution in [0.5, 0.6) is 0 Å². The summed E-state index contributed by atoms with van der Waals surface area (Å²) in [5.41, 5.74) is 2.92. The summed E-state index contributed by atoms with van der Waals surface area (Å²) in [6.45, 7) is 9.11. The number of allylic oxidation sites excluding steroid dienone is 1. The van der Waals surface area contributed by atoms with Gasteiger partial charge in [0.05, 0.1) is 13.2 Å². The minimum Gasteiger partial charge on any atom is -0.422 e. The number of carbonyl (C=O) groups excluding carboxylic acids is 1. The van der Waals surface area contributed by atoms with Gasteiger partial charge in [-0.1, -0.05) is 18.2 Å². The number of carbonyl (C=O) groups is 1. The lowest BCUT2D eigenvalue weighted by atomic mass is 10.1. The van der Waals surface area contributed by atoms with Gasteiger partial charge >= 0.3 is 5.63 Å². The Morgan fingerprint density at radius 1 is 1.03 bits per heavy atom. The van der Waals surface area contributed by atoms with Crippen molar-refractivity contribution >= 4 is 34.2 Å². The zero-order valence-electron chi connectivity index (χ0n) is 18.5. The highest BCUT2D eigenvalue weighted by molar-refractivity contribution is 6.07. The van der Waals surface area contributed by atoms with Crippen LogP contribution in [0, 0.1) is 0 Å². The molecule has 0 aliphatic carbocycles. The summed E-state index contributed by atoms with van der Waals surface area (Å²) in [6.07, 6.45) is 3.14. The van der Waals surface area contributed by atoms with Crippen molar-refractivity contribution in [1.29, 1.82) is 0 Å². The van der Waals surface area contributed by atoms with Crippen molar-refractivity contribution in [2.75, 3.05) is 49.2 Å². The number of hydrogen-bond donors (Lipinski definition) is 0. The number of ketones is 1. The fourth-order valence-electron chi connectivity index (χ4n) is 3.94. The number of ether oxygens (including phenoxy) is 1. The van der Waals surface area contributed by atoms with Crippen LogP contribution in [0.2, 0.25) is 0 Å². The van der Waals surface area contributed by atoms with Gasteiger partial charge in [-0.2, -0.15) is 0 Å². The number of hydrogen-bond acceptors (Lipinski definition) is 6. The number of fused-ring (bicyclic) bond motifs is 1. The van der Waals surface area contributed by atoms with Gasteiger partial charge in [0.15, 0.2) is 5.78 Å². The van der Waals surface area contributed by atoms with Crippen molar-refractivity contribution in [2.24, 2.45) is 0 Å². The van der Waals surface area contributed by atoms with Gasteiger partial charge in [0.2, 0.25) is 0 Å². The Hall–Kier alpha value is -3.38. The third-order valence-corrected chi connectivity index (χ3v) is 5.81. The Bertz CT molecular complexity index is 1170. The molecule has 0 bridgehead atoms. The van der Waals surface area contributed by atoms with Crippen LogP contribution in [0.4, 0.5) is 11.4 Å². The highest BCUT2D eigenvalue weighted by Crippen LogP contribution is 2.22.